The second-order valence-electron chi connectivity index (χ2n) is 5.94. The first-order chi connectivity index (χ1) is 8.15. The molecule has 0 aromatic rings. The summed E-state index contributed by atoms with van der Waals surface area (Å²) in [7, 11) is 0. The van der Waals surface area contributed by atoms with Crippen LogP contribution in [0.25, 0.3) is 0 Å². The van der Waals surface area contributed by atoms with E-state index in [1.807, 2.05) is 0 Å². The molecule has 4 nitrogen and oxygen atoms in total. The molecule has 2 amide bonds. The summed E-state index contributed by atoms with van der Waals surface area (Å²) in [4.78, 5) is 25.8. The lowest BCUT2D eigenvalue weighted by molar-refractivity contribution is -0.154. The van der Waals surface area contributed by atoms with Gasteiger partial charge in [0.1, 0.15) is 0 Å². The maximum Gasteiger partial charge on any atom is 0.232 e. The average molecular weight is 237 g/mol. The Bertz CT molecular complexity index is 340. The highest BCUT2D eigenvalue weighted by Crippen LogP contribution is 2.50. The minimum atomic E-state index is 0.0490. The van der Waals surface area contributed by atoms with Crippen LogP contribution in [0, 0.1) is 17.3 Å². The number of rotatable bonds is 4. The number of hydrogen-bond acceptors (Lipinski definition) is 3. The predicted molar refractivity (Wildman–Crippen MR) is 60.9 cm³/mol. The first kappa shape index (κ1) is 11.2. The fourth-order valence-corrected chi connectivity index (χ4v) is 3.37. The second-order valence-corrected chi connectivity index (χ2v) is 5.94. The number of amides is 2. The fraction of sp³-hybridized carbons (Fsp3) is 0.846. The molecule has 94 valence electrons. The number of likely N-dealkylation sites (tertiary alicyclic amines) is 1. The van der Waals surface area contributed by atoms with Gasteiger partial charge in [-0.05, 0) is 43.9 Å². The van der Waals surface area contributed by atoms with Crippen molar-refractivity contribution >= 4 is 11.8 Å². The molecule has 2 aliphatic carbocycles. The van der Waals surface area contributed by atoms with Gasteiger partial charge in [-0.25, -0.2) is 0 Å². The van der Waals surface area contributed by atoms with E-state index in [4.69, 9.17) is 5.11 Å². The highest BCUT2D eigenvalue weighted by atomic mass is 16.3. The summed E-state index contributed by atoms with van der Waals surface area (Å²) in [6.45, 7) is 0.710. The van der Waals surface area contributed by atoms with Crippen LogP contribution >= 0.6 is 0 Å². The highest BCUT2D eigenvalue weighted by molar-refractivity contribution is 6.00. The lowest BCUT2D eigenvalue weighted by atomic mass is 9.94. The molecule has 0 spiro atoms. The van der Waals surface area contributed by atoms with Gasteiger partial charge in [0.15, 0.2) is 0 Å². The van der Waals surface area contributed by atoms with E-state index in [0.29, 0.717) is 6.54 Å². The number of hydrogen-bond donors (Lipinski definition) is 1. The SMILES string of the molecule is O=C1C2CCC(C2)C(=O)N1CC1(CCO)CC1. The van der Waals surface area contributed by atoms with Crippen LogP contribution in [0.15, 0.2) is 0 Å². The molecule has 1 saturated heterocycles. The molecule has 17 heavy (non-hydrogen) atoms. The van der Waals surface area contributed by atoms with Crippen LogP contribution in [-0.2, 0) is 9.59 Å². The zero-order valence-electron chi connectivity index (χ0n) is 10.0. The average Bonchev–Trinajstić information content (AvgIpc) is 2.92. The summed E-state index contributed by atoms with van der Waals surface area (Å²) in [5.41, 5.74) is 0.0524. The van der Waals surface area contributed by atoms with Crippen molar-refractivity contribution in [2.75, 3.05) is 13.2 Å². The highest BCUT2D eigenvalue weighted by Gasteiger charge is 2.50. The third-order valence-corrected chi connectivity index (χ3v) is 4.76. The largest absolute Gasteiger partial charge is 0.396 e. The van der Waals surface area contributed by atoms with Gasteiger partial charge in [-0.1, -0.05) is 0 Å². The molecule has 1 aliphatic heterocycles. The van der Waals surface area contributed by atoms with Crippen LogP contribution in [0.4, 0.5) is 0 Å². The van der Waals surface area contributed by atoms with Crippen molar-refractivity contribution in [1.29, 1.82) is 0 Å². The number of nitrogens with zero attached hydrogens (tertiary/aromatic N) is 1. The molecule has 2 unspecified atom stereocenters. The van der Waals surface area contributed by atoms with Crippen molar-refractivity contribution < 1.29 is 14.7 Å². The first-order valence-electron chi connectivity index (χ1n) is 6.61. The van der Waals surface area contributed by atoms with Gasteiger partial charge in [0.2, 0.25) is 11.8 Å². The molecule has 2 saturated carbocycles. The minimum absolute atomic E-state index is 0.0490. The fourth-order valence-electron chi connectivity index (χ4n) is 3.37. The third-order valence-electron chi connectivity index (χ3n) is 4.76. The maximum atomic E-state index is 12.1. The van der Waals surface area contributed by atoms with E-state index in [1.54, 1.807) is 0 Å². The van der Waals surface area contributed by atoms with E-state index < -0.39 is 0 Å². The van der Waals surface area contributed by atoms with Crippen LogP contribution in [0.3, 0.4) is 0 Å². The van der Waals surface area contributed by atoms with Crippen LogP contribution in [0.1, 0.15) is 38.5 Å². The van der Waals surface area contributed by atoms with Gasteiger partial charge in [0, 0.05) is 25.0 Å². The van der Waals surface area contributed by atoms with Gasteiger partial charge in [-0.15, -0.1) is 0 Å². The van der Waals surface area contributed by atoms with Gasteiger partial charge >= 0.3 is 0 Å². The topological polar surface area (TPSA) is 57.6 Å². The van der Waals surface area contributed by atoms with Gasteiger partial charge in [0.25, 0.3) is 0 Å². The number of carbonyl (C=O) groups excluding carboxylic acids is 2. The summed E-state index contributed by atoms with van der Waals surface area (Å²) in [6, 6.07) is 0. The summed E-state index contributed by atoms with van der Waals surface area (Å²) >= 11 is 0. The summed E-state index contributed by atoms with van der Waals surface area (Å²) in [5.74, 6) is 0.297. The van der Waals surface area contributed by atoms with E-state index in [9.17, 15) is 9.59 Å². The molecule has 2 atom stereocenters. The van der Waals surface area contributed by atoms with Crippen LogP contribution in [-0.4, -0.2) is 35.0 Å². The number of fused-ring (bicyclic) bond motifs is 2. The normalized spacial score (nSPS) is 34.3. The van der Waals surface area contributed by atoms with Crippen LogP contribution < -0.4 is 0 Å². The Morgan fingerprint density at radius 1 is 1.18 bits per heavy atom. The Kier molecular flexibility index (Phi) is 2.51. The van der Waals surface area contributed by atoms with Gasteiger partial charge < -0.3 is 5.11 Å². The van der Waals surface area contributed by atoms with E-state index in [-0.39, 0.29) is 35.7 Å². The number of aliphatic hydroxyl groups excluding tert-OH is 1. The minimum Gasteiger partial charge on any atom is -0.396 e. The van der Waals surface area contributed by atoms with Crippen molar-refractivity contribution in [1.82, 2.24) is 4.90 Å². The molecule has 4 heteroatoms. The zero-order chi connectivity index (χ0) is 12.0. The van der Waals surface area contributed by atoms with Gasteiger partial charge in [-0.2, -0.15) is 0 Å². The van der Waals surface area contributed by atoms with Crippen molar-refractivity contribution in [3.63, 3.8) is 0 Å². The summed E-state index contributed by atoms with van der Waals surface area (Å²) in [6.07, 6.45) is 5.36. The Balaban J connectivity index is 1.74. The van der Waals surface area contributed by atoms with E-state index in [1.165, 1.54) is 4.90 Å². The van der Waals surface area contributed by atoms with Crippen molar-refractivity contribution in [2.24, 2.45) is 17.3 Å². The van der Waals surface area contributed by atoms with Crippen molar-refractivity contribution in [2.45, 2.75) is 38.5 Å². The number of aliphatic hydroxyl groups is 1. The standard InChI is InChI=1S/C13H19NO3/c15-6-5-13(3-4-13)8-14-11(16)9-1-2-10(7-9)12(14)17/h9-10,15H,1-8H2. The van der Waals surface area contributed by atoms with E-state index in [0.717, 1.165) is 38.5 Å². The lowest BCUT2D eigenvalue weighted by Gasteiger charge is -2.32. The molecular formula is C13H19NO3. The predicted octanol–water partition coefficient (Wildman–Crippen LogP) is 0.934. The number of carbonyl (C=O) groups is 2. The van der Waals surface area contributed by atoms with Crippen LogP contribution in [0.2, 0.25) is 0 Å². The smallest absolute Gasteiger partial charge is 0.232 e. The molecule has 2 bridgehead atoms. The number of imide groups is 1. The second kappa shape index (κ2) is 3.80. The molecule has 0 aromatic heterocycles. The molecule has 3 rings (SSSR count). The monoisotopic (exact) mass is 237 g/mol. The Hall–Kier alpha value is -0.900. The molecule has 0 radical (unpaired) electrons. The zero-order valence-corrected chi connectivity index (χ0v) is 10.0. The molecule has 0 aromatic carbocycles. The lowest BCUT2D eigenvalue weighted by Crippen LogP contribution is -2.48. The first-order valence-corrected chi connectivity index (χ1v) is 6.61. The van der Waals surface area contributed by atoms with E-state index in [2.05, 4.69) is 0 Å². The summed E-state index contributed by atoms with van der Waals surface area (Å²) in [5, 5.41) is 9.03. The van der Waals surface area contributed by atoms with Gasteiger partial charge in [-0.3, -0.25) is 14.5 Å². The molecular weight excluding hydrogens is 218 g/mol. The molecule has 1 heterocycles. The van der Waals surface area contributed by atoms with Crippen molar-refractivity contribution in [3.8, 4) is 0 Å². The molecule has 3 fully saturated rings. The van der Waals surface area contributed by atoms with Crippen LogP contribution in [0.5, 0.6) is 0 Å². The van der Waals surface area contributed by atoms with E-state index >= 15 is 0 Å². The Labute approximate surface area is 101 Å². The quantitative estimate of drug-likeness (QED) is 0.740. The Morgan fingerprint density at radius 2 is 1.76 bits per heavy atom. The third kappa shape index (κ3) is 1.79. The summed E-state index contributed by atoms with van der Waals surface area (Å²) < 4.78 is 0. The van der Waals surface area contributed by atoms with Gasteiger partial charge in [0.05, 0.1) is 0 Å². The molecule has 1 N–H and O–H groups in total. The van der Waals surface area contributed by atoms with Crippen molar-refractivity contribution in [3.05, 3.63) is 0 Å². The molecule has 3 aliphatic rings. The number of piperidine rings is 1. The Morgan fingerprint density at radius 3 is 2.24 bits per heavy atom. The maximum absolute atomic E-state index is 12.1.